The summed E-state index contributed by atoms with van der Waals surface area (Å²) < 4.78 is 60.7. The van der Waals surface area contributed by atoms with E-state index in [0.717, 1.165) is 69.1 Å². The number of ether oxygens (including phenoxy) is 5. The van der Waals surface area contributed by atoms with Crippen molar-refractivity contribution < 1.29 is 41.8 Å². The number of aryl methyl sites for hydroxylation is 1. The maximum Gasteiger partial charge on any atom is 0.297 e. The van der Waals surface area contributed by atoms with Gasteiger partial charge >= 0.3 is 0 Å². The molecule has 1 amide bonds. The number of hydrogen-bond acceptors (Lipinski definition) is 15. The second kappa shape index (κ2) is 18.1. The minimum atomic E-state index is -4.70. The summed E-state index contributed by atoms with van der Waals surface area (Å²) in [5.74, 6) is -0.562. The summed E-state index contributed by atoms with van der Waals surface area (Å²) in [7, 11) is -4.70. The lowest BCUT2D eigenvalue weighted by molar-refractivity contribution is -0.384. The van der Waals surface area contributed by atoms with Crippen LogP contribution < -0.4 is 29.3 Å². The minimum absolute atomic E-state index is 0.0183. The molecule has 3 N–H and O–H groups in total. The number of H-pyrrole nitrogens is 1. The molecule has 7 heterocycles. The summed E-state index contributed by atoms with van der Waals surface area (Å²) in [6.07, 6.45) is 6.19. The highest BCUT2D eigenvalue weighted by Crippen LogP contribution is 2.54. The van der Waals surface area contributed by atoms with Gasteiger partial charge in [0.2, 0.25) is 5.88 Å². The number of rotatable bonds is 11. The maximum absolute atomic E-state index is 14.7. The Kier molecular flexibility index (Phi) is 11.9. The number of benzene rings is 3. The molecule has 19 heteroatoms. The number of piperidine rings is 1. The molecule has 6 aliphatic rings. The van der Waals surface area contributed by atoms with E-state index in [4.69, 9.17) is 28.7 Å². The van der Waals surface area contributed by atoms with E-state index < -0.39 is 43.6 Å². The van der Waals surface area contributed by atoms with E-state index in [9.17, 15) is 23.3 Å². The highest BCUT2D eigenvalue weighted by Gasteiger charge is 2.50. The molecule has 18 nitrogen and oxygen atoms in total. The fourth-order valence-corrected chi connectivity index (χ4v) is 12.4. The van der Waals surface area contributed by atoms with E-state index in [1.165, 1.54) is 17.2 Å². The van der Waals surface area contributed by atoms with Crippen molar-refractivity contribution >= 4 is 55.4 Å². The number of hydrogen-bond donors (Lipinski definition) is 3. The first kappa shape index (κ1) is 45.5. The van der Waals surface area contributed by atoms with Crippen LogP contribution in [0.4, 0.5) is 28.4 Å². The number of sulfonamides is 1. The number of carbonyl (C=O) groups excluding carboxylic acids is 1. The van der Waals surface area contributed by atoms with E-state index in [1.54, 1.807) is 12.3 Å². The Hall–Kier alpha value is -5.99. The van der Waals surface area contributed by atoms with Crippen molar-refractivity contribution in [3.05, 3.63) is 99.7 Å². The normalized spacial score (nSPS) is 23.5. The number of aromatic nitrogens is 2. The third kappa shape index (κ3) is 8.61. The first-order valence-electron chi connectivity index (χ1n) is 24.0. The fourth-order valence-electron chi connectivity index (χ4n) is 11.4. The number of amides is 1. The molecule has 0 bridgehead atoms. The summed E-state index contributed by atoms with van der Waals surface area (Å²) >= 11 is 0. The SMILES string of the molecule is Cc1ccccc1[C@@H]1COCCN1C1CC2(CCN(c3ccc(C(=O)NS(=O)(=O)c4cc5c(c([N+](=O)[O-])c4)N[C@H](COC(C)C)CO5)c(N4c5cc6cc[nH]c6nc5O[C@H]5COCC[C@@H]54)c3)CC2)C1. The van der Waals surface area contributed by atoms with Gasteiger partial charge in [-0.2, -0.15) is 4.98 Å². The van der Waals surface area contributed by atoms with Crippen LogP contribution in [0.25, 0.3) is 11.0 Å². The largest absolute Gasteiger partial charge is 0.489 e. The number of pyridine rings is 1. The van der Waals surface area contributed by atoms with Gasteiger partial charge in [-0.3, -0.25) is 19.8 Å². The number of morpholine rings is 1. The molecule has 4 fully saturated rings. The average molecular weight is 963 g/mol. The summed E-state index contributed by atoms with van der Waals surface area (Å²) in [5, 5.41) is 16.3. The Morgan fingerprint density at radius 3 is 2.61 bits per heavy atom. The van der Waals surface area contributed by atoms with E-state index in [0.29, 0.717) is 55.2 Å². The number of nitrogens with zero attached hydrogens (tertiary/aromatic N) is 5. The van der Waals surface area contributed by atoms with Crippen LogP contribution in [0.1, 0.15) is 73.5 Å². The average Bonchev–Trinajstić information content (AvgIpc) is 3.80. The van der Waals surface area contributed by atoms with Crippen molar-refractivity contribution in [3.8, 4) is 11.6 Å². The molecule has 1 spiro atoms. The number of nitro groups is 1. The Balaban J connectivity index is 0.892. The zero-order valence-corrected chi connectivity index (χ0v) is 39.8. The van der Waals surface area contributed by atoms with Crippen molar-refractivity contribution in [2.75, 3.05) is 74.4 Å². The second-order valence-electron chi connectivity index (χ2n) is 19.7. The molecule has 3 aromatic carbocycles. The van der Waals surface area contributed by atoms with Gasteiger partial charge in [-0.25, -0.2) is 13.1 Å². The predicted octanol–water partition coefficient (Wildman–Crippen LogP) is 7.01. The van der Waals surface area contributed by atoms with Gasteiger partial charge in [0.05, 0.1) is 71.7 Å². The standard InChI is InChI=1S/C50H58N8O10S/c1-30(2)66-26-33-27-67-44-23-36(22-41(58(60)61)46(44)52-33)69(62,63)54-48(59)38-9-8-34(21-40(38)57-39-11-18-64-29-45(39)68-49-42(57)20-32-10-14-51-47(32)53-49)55-15-12-50(13-16-55)24-35(25-50)56-17-19-65-28-43(56)37-7-5-4-6-31(37)3/h4-10,14,20-23,30,33,35,39,43,45,52H,11-13,15-19,24-29H2,1-3H3,(H,51,53)(H,54,59)/t33-,39+,43+,45+/m1/s1. The van der Waals surface area contributed by atoms with Crippen LogP contribution in [0.5, 0.6) is 11.6 Å². The van der Waals surface area contributed by atoms with E-state index in [-0.39, 0.29) is 53.8 Å². The molecule has 364 valence electrons. The Labute approximate surface area is 400 Å². The number of anilines is 4. The fraction of sp³-hybridized carbons (Fsp3) is 0.480. The number of nitrogens with one attached hydrogen (secondary N) is 3. The van der Waals surface area contributed by atoms with Crippen LogP contribution in [0, 0.1) is 22.5 Å². The van der Waals surface area contributed by atoms with Crippen LogP contribution >= 0.6 is 0 Å². The summed E-state index contributed by atoms with van der Waals surface area (Å²) in [5.41, 5.74) is 5.17. The highest BCUT2D eigenvalue weighted by atomic mass is 32.2. The molecule has 11 rings (SSSR count). The van der Waals surface area contributed by atoms with Crippen molar-refractivity contribution in [1.82, 2.24) is 19.6 Å². The molecular formula is C50H58N8O10S. The molecule has 1 aliphatic carbocycles. The van der Waals surface area contributed by atoms with Crippen LogP contribution in [0.3, 0.4) is 0 Å². The van der Waals surface area contributed by atoms with Gasteiger partial charge in [-0.15, -0.1) is 0 Å². The Bertz CT molecular complexity index is 2900. The first-order chi connectivity index (χ1) is 33.3. The third-order valence-corrected chi connectivity index (χ3v) is 16.3. The van der Waals surface area contributed by atoms with Gasteiger partial charge in [0, 0.05) is 61.7 Å². The Morgan fingerprint density at radius 1 is 1.00 bits per heavy atom. The van der Waals surface area contributed by atoms with Crippen LogP contribution in [0.15, 0.2) is 77.8 Å². The van der Waals surface area contributed by atoms with Crippen molar-refractivity contribution in [2.45, 2.75) is 94.1 Å². The molecule has 69 heavy (non-hydrogen) atoms. The first-order valence-corrected chi connectivity index (χ1v) is 25.5. The quantitative estimate of drug-likeness (QED) is 0.0901. The van der Waals surface area contributed by atoms with Crippen molar-refractivity contribution in [3.63, 3.8) is 0 Å². The lowest BCUT2D eigenvalue weighted by Gasteiger charge is -2.57. The zero-order chi connectivity index (χ0) is 47.6. The molecule has 5 aromatic rings. The van der Waals surface area contributed by atoms with Gasteiger partial charge in [-0.1, -0.05) is 24.3 Å². The maximum atomic E-state index is 14.7. The molecule has 1 saturated carbocycles. The predicted molar refractivity (Wildman–Crippen MR) is 258 cm³/mol. The smallest absolute Gasteiger partial charge is 0.297 e. The van der Waals surface area contributed by atoms with Gasteiger partial charge in [0.15, 0.2) is 11.4 Å². The van der Waals surface area contributed by atoms with Gasteiger partial charge in [0.1, 0.15) is 24.0 Å². The highest BCUT2D eigenvalue weighted by molar-refractivity contribution is 7.90. The Morgan fingerprint density at radius 2 is 1.81 bits per heavy atom. The third-order valence-electron chi connectivity index (χ3n) is 15.0. The number of carbonyl (C=O) groups is 1. The van der Waals surface area contributed by atoms with Crippen LogP contribution in [0.2, 0.25) is 0 Å². The zero-order valence-electron chi connectivity index (χ0n) is 39.0. The number of fused-ring (bicyclic) bond motifs is 4. The van der Waals surface area contributed by atoms with Crippen LogP contribution in [-0.2, 0) is 24.2 Å². The summed E-state index contributed by atoms with van der Waals surface area (Å²) in [6, 6.07) is 20.3. The van der Waals surface area contributed by atoms with Gasteiger partial charge in [0.25, 0.3) is 21.6 Å². The van der Waals surface area contributed by atoms with E-state index in [1.807, 2.05) is 38.1 Å². The monoisotopic (exact) mass is 962 g/mol. The summed E-state index contributed by atoms with van der Waals surface area (Å²) in [4.78, 5) is 41.1. The van der Waals surface area contributed by atoms with Gasteiger partial charge in [-0.05, 0) is 99.7 Å². The molecule has 5 aliphatic heterocycles. The topological polar surface area (TPSA) is 203 Å². The van der Waals surface area contributed by atoms with Crippen molar-refractivity contribution in [1.29, 1.82) is 0 Å². The van der Waals surface area contributed by atoms with Crippen molar-refractivity contribution in [2.24, 2.45) is 5.41 Å². The molecule has 0 unspecified atom stereocenters. The van der Waals surface area contributed by atoms with Gasteiger partial charge < -0.3 is 43.8 Å². The van der Waals surface area contributed by atoms with Crippen LogP contribution in [-0.4, -0.2) is 124 Å². The second-order valence-corrected chi connectivity index (χ2v) is 21.3. The molecule has 0 radical (unpaired) electrons. The number of nitro benzene ring substituents is 1. The molecule has 2 aromatic heterocycles. The minimum Gasteiger partial charge on any atom is -0.489 e. The molecular weight excluding hydrogens is 905 g/mol. The molecule has 3 saturated heterocycles. The lowest BCUT2D eigenvalue weighted by atomic mass is 9.59. The summed E-state index contributed by atoms with van der Waals surface area (Å²) in [6.45, 7) is 11.0. The van der Waals surface area contributed by atoms with E-state index >= 15 is 0 Å². The lowest BCUT2D eigenvalue weighted by Crippen LogP contribution is -2.58. The number of aromatic amines is 1. The van der Waals surface area contributed by atoms with E-state index in [2.05, 4.69) is 60.9 Å². The molecule has 4 atom stereocenters.